The van der Waals surface area contributed by atoms with E-state index in [2.05, 4.69) is 9.79 Å². The molecule has 0 radical (unpaired) electrons. The van der Waals surface area contributed by atoms with E-state index in [1.807, 2.05) is 42.5 Å². The van der Waals surface area contributed by atoms with Gasteiger partial charge in [0, 0.05) is 6.07 Å². The Balaban J connectivity index is 2.35. The van der Waals surface area contributed by atoms with Crippen molar-refractivity contribution in [1.82, 2.24) is 5.27 Å². The molecule has 1 heterocycles. The van der Waals surface area contributed by atoms with Crippen LogP contribution in [0.4, 0.5) is 0 Å². The predicted molar refractivity (Wildman–Crippen MR) is 58.4 cm³/mol. The fraction of sp³-hybridized carbons (Fsp3) is 0. The minimum atomic E-state index is -0.395. The SMILES string of the molecule is O=c1c[n+](-c2cccc3ccccc23)[nH]o1. The second-order valence-electron chi connectivity index (χ2n) is 3.51. The average Bonchev–Trinajstić information content (AvgIpc) is 2.75. The molecule has 2 aromatic carbocycles. The van der Waals surface area contributed by atoms with Gasteiger partial charge in [-0.3, -0.25) is 4.52 Å². The van der Waals surface area contributed by atoms with E-state index in [1.54, 1.807) is 4.68 Å². The first-order valence-electron chi connectivity index (χ1n) is 4.93. The van der Waals surface area contributed by atoms with Crippen molar-refractivity contribution in [3.05, 3.63) is 59.1 Å². The smallest absolute Gasteiger partial charge is 0.283 e. The first-order valence-corrected chi connectivity index (χ1v) is 4.93. The lowest BCUT2D eigenvalue weighted by atomic mass is 10.1. The molecule has 1 N–H and O–H groups in total. The molecular formula is C12H9N2O2+. The quantitative estimate of drug-likeness (QED) is 0.621. The van der Waals surface area contributed by atoms with Crippen LogP contribution in [0.1, 0.15) is 0 Å². The monoisotopic (exact) mass is 213 g/mol. The van der Waals surface area contributed by atoms with E-state index in [0.29, 0.717) is 0 Å². The summed E-state index contributed by atoms with van der Waals surface area (Å²) in [7, 11) is 0. The van der Waals surface area contributed by atoms with Crippen molar-refractivity contribution in [3.63, 3.8) is 0 Å². The van der Waals surface area contributed by atoms with E-state index in [4.69, 9.17) is 0 Å². The topological polar surface area (TPSA) is 49.9 Å². The van der Waals surface area contributed by atoms with E-state index in [1.165, 1.54) is 6.20 Å². The first kappa shape index (κ1) is 8.91. The molecule has 0 aliphatic rings. The Morgan fingerprint density at radius 3 is 2.69 bits per heavy atom. The van der Waals surface area contributed by atoms with Crippen molar-refractivity contribution in [2.24, 2.45) is 0 Å². The average molecular weight is 213 g/mol. The Labute approximate surface area is 90.7 Å². The minimum absolute atomic E-state index is 0.395. The third-order valence-corrected chi connectivity index (χ3v) is 2.51. The third-order valence-electron chi connectivity index (χ3n) is 2.51. The largest absolute Gasteiger partial charge is 0.427 e. The zero-order valence-corrected chi connectivity index (χ0v) is 8.38. The highest BCUT2D eigenvalue weighted by molar-refractivity contribution is 5.88. The van der Waals surface area contributed by atoms with Crippen molar-refractivity contribution in [1.29, 1.82) is 0 Å². The normalized spacial score (nSPS) is 10.8. The fourth-order valence-corrected chi connectivity index (χ4v) is 1.79. The highest BCUT2D eigenvalue weighted by atomic mass is 16.5. The maximum absolute atomic E-state index is 11.0. The number of aromatic nitrogens is 2. The molecule has 0 aliphatic carbocycles. The Kier molecular flexibility index (Phi) is 1.86. The standard InChI is InChI=1S/C12H8N2O2/c15-12-8-14(13-16-12)11-7-3-5-9-4-1-2-6-10(9)11/h1-8H/p+1. The molecule has 0 bridgehead atoms. The van der Waals surface area contributed by atoms with Gasteiger partial charge in [-0.25, -0.2) is 4.79 Å². The summed E-state index contributed by atoms with van der Waals surface area (Å²) in [6.07, 6.45) is 1.38. The highest BCUT2D eigenvalue weighted by Crippen LogP contribution is 2.17. The molecule has 4 nitrogen and oxygen atoms in total. The fourth-order valence-electron chi connectivity index (χ4n) is 1.79. The van der Waals surface area contributed by atoms with Gasteiger partial charge in [-0.2, -0.15) is 0 Å². The Bertz CT molecular complexity index is 692. The van der Waals surface area contributed by atoms with E-state index in [0.717, 1.165) is 16.5 Å². The van der Waals surface area contributed by atoms with Crippen molar-refractivity contribution < 1.29 is 9.20 Å². The second kappa shape index (κ2) is 3.34. The van der Waals surface area contributed by atoms with E-state index in [-0.39, 0.29) is 0 Å². The lowest BCUT2D eigenvalue weighted by molar-refractivity contribution is -0.669. The van der Waals surface area contributed by atoms with Crippen molar-refractivity contribution in [2.45, 2.75) is 0 Å². The molecule has 1 aromatic heterocycles. The van der Waals surface area contributed by atoms with Crippen molar-refractivity contribution in [3.8, 4) is 5.69 Å². The van der Waals surface area contributed by atoms with Gasteiger partial charge in [-0.1, -0.05) is 30.3 Å². The number of benzene rings is 2. The van der Waals surface area contributed by atoms with Gasteiger partial charge in [0.2, 0.25) is 5.69 Å². The number of fused-ring (bicyclic) bond motifs is 1. The molecule has 0 spiro atoms. The lowest BCUT2D eigenvalue weighted by Gasteiger charge is -1.97. The second-order valence-corrected chi connectivity index (χ2v) is 3.51. The zero-order chi connectivity index (χ0) is 11.0. The first-order chi connectivity index (χ1) is 7.84. The van der Waals surface area contributed by atoms with Crippen LogP contribution in [-0.4, -0.2) is 5.27 Å². The molecule has 0 atom stereocenters. The molecule has 16 heavy (non-hydrogen) atoms. The minimum Gasteiger partial charge on any atom is -0.283 e. The van der Waals surface area contributed by atoms with Crippen LogP contribution >= 0.6 is 0 Å². The van der Waals surface area contributed by atoms with E-state index in [9.17, 15) is 4.79 Å². The van der Waals surface area contributed by atoms with Crippen LogP contribution in [0.25, 0.3) is 16.5 Å². The van der Waals surface area contributed by atoms with Crippen LogP contribution in [0.3, 0.4) is 0 Å². The maximum atomic E-state index is 11.0. The van der Waals surface area contributed by atoms with Crippen molar-refractivity contribution in [2.75, 3.05) is 0 Å². The van der Waals surface area contributed by atoms with Gasteiger partial charge in [0.15, 0.2) is 0 Å². The predicted octanol–water partition coefficient (Wildman–Crippen LogP) is 1.40. The molecule has 0 amide bonds. The molecule has 0 saturated heterocycles. The molecule has 4 heteroatoms. The van der Waals surface area contributed by atoms with Crippen LogP contribution in [0.2, 0.25) is 0 Å². The summed E-state index contributed by atoms with van der Waals surface area (Å²) < 4.78 is 6.22. The molecule has 0 saturated carbocycles. The summed E-state index contributed by atoms with van der Waals surface area (Å²) in [6, 6.07) is 13.9. The summed E-state index contributed by atoms with van der Waals surface area (Å²) in [5, 5.41) is 4.73. The van der Waals surface area contributed by atoms with Crippen LogP contribution in [0.5, 0.6) is 0 Å². The third kappa shape index (κ3) is 1.32. The number of hydrogen-bond acceptors (Lipinski definition) is 2. The Hall–Kier alpha value is -2.36. The number of hydrogen-bond donors (Lipinski definition) is 1. The summed E-state index contributed by atoms with van der Waals surface area (Å²) in [5.41, 5.74) is 0.497. The Morgan fingerprint density at radius 1 is 1.06 bits per heavy atom. The lowest BCUT2D eigenvalue weighted by Crippen LogP contribution is -2.32. The summed E-state index contributed by atoms with van der Waals surface area (Å²) in [4.78, 5) is 11.0. The van der Waals surface area contributed by atoms with Crippen LogP contribution in [-0.2, 0) is 0 Å². The van der Waals surface area contributed by atoms with Gasteiger partial charge in [0.1, 0.15) is 0 Å². The van der Waals surface area contributed by atoms with Gasteiger partial charge >= 0.3 is 5.63 Å². The van der Waals surface area contributed by atoms with Gasteiger partial charge in [-0.15, -0.1) is 0 Å². The van der Waals surface area contributed by atoms with Gasteiger partial charge in [-0.05, 0) is 21.4 Å². The molecule has 3 aromatic rings. The van der Waals surface area contributed by atoms with Gasteiger partial charge in [0.25, 0.3) is 6.20 Å². The van der Waals surface area contributed by atoms with Crippen LogP contribution < -0.4 is 10.3 Å². The van der Waals surface area contributed by atoms with Gasteiger partial charge < -0.3 is 0 Å². The molecule has 0 aliphatic heterocycles. The molecule has 78 valence electrons. The van der Waals surface area contributed by atoms with Crippen LogP contribution in [0.15, 0.2) is 58.0 Å². The van der Waals surface area contributed by atoms with Crippen molar-refractivity contribution >= 4 is 10.8 Å². The Morgan fingerprint density at radius 2 is 1.88 bits per heavy atom. The molecule has 0 fully saturated rings. The molecular weight excluding hydrogens is 204 g/mol. The highest BCUT2D eigenvalue weighted by Gasteiger charge is 2.13. The number of H-pyrrole nitrogens is 1. The number of nitrogens with zero attached hydrogens (tertiary/aromatic N) is 1. The summed E-state index contributed by atoms with van der Waals surface area (Å²) >= 11 is 0. The zero-order valence-electron chi connectivity index (χ0n) is 8.38. The number of aromatic amines is 1. The van der Waals surface area contributed by atoms with E-state index < -0.39 is 5.63 Å². The number of nitrogens with one attached hydrogen (secondary N) is 1. The summed E-state index contributed by atoms with van der Waals surface area (Å²) in [5.74, 6) is 0. The van der Waals surface area contributed by atoms with Gasteiger partial charge in [0.05, 0.1) is 5.39 Å². The van der Waals surface area contributed by atoms with E-state index >= 15 is 0 Å². The maximum Gasteiger partial charge on any atom is 0.427 e. The van der Waals surface area contributed by atoms with Crippen LogP contribution in [0, 0.1) is 0 Å². The molecule has 0 unspecified atom stereocenters. The molecule has 3 rings (SSSR count). The summed E-state index contributed by atoms with van der Waals surface area (Å²) in [6.45, 7) is 0. The number of rotatable bonds is 1.